The van der Waals surface area contributed by atoms with Gasteiger partial charge in [0.05, 0.1) is 3.79 Å². The Bertz CT molecular complexity index is 313. The molecule has 2 heterocycles. The molecule has 1 fully saturated rings. The maximum Gasteiger partial charge on any atom is 0.0701 e. The summed E-state index contributed by atoms with van der Waals surface area (Å²) in [6.45, 7) is 4.32. The maximum absolute atomic E-state index is 5.73. The zero-order valence-electron chi connectivity index (χ0n) is 8.79. The molecule has 84 valence electrons. The van der Waals surface area contributed by atoms with Crippen molar-refractivity contribution >= 4 is 27.3 Å². The molecule has 0 radical (unpaired) electrons. The van der Waals surface area contributed by atoms with Gasteiger partial charge in [0.1, 0.15) is 0 Å². The van der Waals surface area contributed by atoms with Crippen LogP contribution in [0.1, 0.15) is 18.4 Å². The Morgan fingerprint density at radius 1 is 1.60 bits per heavy atom. The van der Waals surface area contributed by atoms with Gasteiger partial charge >= 0.3 is 0 Å². The van der Waals surface area contributed by atoms with Crippen LogP contribution in [0.2, 0.25) is 0 Å². The van der Waals surface area contributed by atoms with Gasteiger partial charge in [-0.2, -0.15) is 0 Å². The Labute approximate surface area is 104 Å². The molecule has 1 atom stereocenters. The highest BCUT2D eigenvalue weighted by Crippen LogP contribution is 2.23. The van der Waals surface area contributed by atoms with Crippen molar-refractivity contribution in [3.05, 3.63) is 20.8 Å². The normalized spacial score (nSPS) is 23.2. The van der Waals surface area contributed by atoms with E-state index in [2.05, 4.69) is 32.3 Å². The second-order valence-corrected chi connectivity index (χ2v) is 6.53. The van der Waals surface area contributed by atoms with Crippen LogP contribution in [0.15, 0.2) is 15.2 Å². The molecule has 0 amide bonds. The standard InChI is InChI=1S/C11H17BrN2S/c12-11-4-10(8-15-11)7-14-3-1-2-9(5-13)6-14/h4,8-9H,1-3,5-7,13H2. The minimum absolute atomic E-state index is 0.709. The summed E-state index contributed by atoms with van der Waals surface area (Å²) >= 11 is 5.27. The van der Waals surface area contributed by atoms with Crippen molar-refractivity contribution in [2.24, 2.45) is 11.7 Å². The summed E-state index contributed by atoms with van der Waals surface area (Å²) < 4.78 is 1.23. The van der Waals surface area contributed by atoms with Crippen LogP contribution in [0.5, 0.6) is 0 Å². The molecule has 1 saturated heterocycles. The highest BCUT2D eigenvalue weighted by atomic mass is 79.9. The van der Waals surface area contributed by atoms with Gasteiger partial charge in [-0.15, -0.1) is 11.3 Å². The average molecular weight is 289 g/mol. The summed E-state index contributed by atoms with van der Waals surface area (Å²) in [5, 5.41) is 2.23. The fourth-order valence-electron chi connectivity index (χ4n) is 2.17. The first-order chi connectivity index (χ1) is 7.28. The summed E-state index contributed by atoms with van der Waals surface area (Å²) in [5.74, 6) is 0.709. The van der Waals surface area contributed by atoms with Crippen LogP contribution in [0.4, 0.5) is 0 Å². The number of nitrogens with zero attached hydrogens (tertiary/aromatic N) is 1. The minimum Gasteiger partial charge on any atom is -0.330 e. The molecular formula is C11H17BrN2S. The van der Waals surface area contributed by atoms with E-state index in [-0.39, 0.29) is 0 Å². The van der Waals surface area contributed by atoms with Gasteiger partial charge in [0, 0.05) is 13.1 Å². The molecule has 0 saturated carbocycles. The Morgan fingerprint density at radius 3 is 3.13 bits per heavy atom. The topological polar surface area (TPSA) is 29.3 Å². The number of rotatable bonds is 3. The van der Waals surface area contributed by atoms with Gasteiger partial charge in [0.2, 0.25) is 0 Å². The zero-order chi connectivity index (χ0) is 10.7. The summed E-state index contributed by atoms with van der Waals surface area (Å²) in [5.41, 5.74) is 7.15. The predicted molar refractivity (Wildman–Crippen MR) is 69.1 cm³/mol. The van der Waals surface area contributed by atoms with Crippen molar-refractivity contribution in [1.82, 2.24) is 4.90 Å². The Balaban J connectivity index is 1.88. The molecule has 1 unspecified atom stereocenters. The Morgan fingerprint density at radius 2 is 2.47 bits per heavy atom. The Hall–Kier alpha value is 0.100. The van der Waals surface area contributed by atoms with Gasteiger partial charge in [-0.3, -0.25) is 4.90 Å². The molecule has 1 aromatic rings. The molecule has 4 heteroatoms. The van der Waals surface area contributed by atoms with Crippen molar-refractivity contribution in [2.45, 2.75) is 19.4 Å². The largest absolute Gasteiger partial charge is 0.330 e. The third-order valence-electron chi connectivity index (χ3n) is 2.96. The first kappa shape index (κ1) is 11.6. The number of thiophene rings is 1. The summed E-state index contributed by atoms with van der Waals surface area (Å²) in [6.07, 6.45) is 2.60. The summed E-state index contributed by atoms with van der Waals surface area (Å²) in [4.78, 5) is 2.52. The van der Waals surface area contributed by atoms with Crippen LogP contribution >= 0.6 is 27.3 Å². The molecule has 1 aliphatic rings. The number of halogens is 1. The van der Waals surface area contributed by atoms with Crippen molar-refractivity contribution in [2.75, 3.05) is 19.6 Å². The first-order valence-corrected chi connectivity index (χ1v) is 7.10. The quantitative estimate of drug-likeness (QED) is 0.927. The van der Waals surface area contributed by atoms with E-state index in [1.807, 2.05) is 0 Å². The fraction of sp³-hybridized carbons (Fsp3) is 0.636. The van der Waals surface area contributed by atoms with E-state index in [1.54, 1.807) is 11.3 Å². The number of nitrogens with two attached hydrogens (primary N) is 1. The van der Waals surface area contributed by atoms with E-state index in [4.69, 9.17) is 5.73 Å². The first-order valence-electron chi connectivity index (χ1n) is 5.43. The molecule has 0 bridgehead atoms. The van der Waals surface area contributed by atoms with Crippen LogP contribution in [-0.2, 0) is 6.54 Å². The number of hydrogen-bond donors (Lipinski definition) is 1. The minimum atomic E-state index is 0.709. The third-order valence-corrected chi connectivity index (χ3v) is 4.52. The third kappa shape index (κ3) is 3.28. The van der Waals surface area contributed by atoms with Crippen LogP contribution in [-0.4, -0.2) is 24.5 Å². The summed E-state index contributed by atoms with van der Waals surface area (Å²) in [7, 11) is 0. The molecule has 2 rings (SSSR count). The van der Waals surface area contributed by atoms with Gasteiger partial charge in [0.25, 0.3) is 0 Å². The summed E-state index contributed by atoms with van der Waals surface area (Å²) in [6, 6.07) is 2.22. The molecule has 1 aliphatic heterocycles. The lowest BCUT2D eigenvalue weighted by Crippen LogP contribution is -2.37. The van der Waals surface area contributed by atoms with E-state index >= 15 is 0 Å². The van der Waals surface area contributed by atoms with Gasteiger partial charge in [-0.05, 0) is 64.8 Å². The van der Waals surface area contributed by atoms with Crippen LogP contribution in [0, 0.1) is 5.92 Å². The smallest absolute Gasteiger partial charge is 0.0701 e. The highest BCUT2D eigenvalue weighted by Gasteiger charge is 2.18. The molecule has 0 aliphatic carbocycles. The van der Waals surface area contributed by atoms with Gasteiger partial charge < -0.3 is 5.73 Å². The lowest BCUT2D eigenvalue weighted by molar-refractivity contribution is 0.171. The molecule has 2 nitrogen and oxygen atoms in total. The number of hydrogen-bond acceptors (Lipinski definition) is 3. The van der Waals surface area contributed by atoms with E-state index in [0.717, 1.165) is 13.1 Å². The molecule has 0 spiro atoms. The Kier molecular flexibility index (Phi) is 4.20. The van der Waals surface area contributed by atoms with Crippen molar-refractivity contribution in [1.29, 1.82) is 0 Å². The second kappa shape index (κ2) is 5.43. The number of likely N-dealkylation sites (tertiary alicyclic amines) is 1. The van der Waals surface area contributed by atoms with Crippen LogP contribution < -0.4 is 5.73 Å². The zero-order valence-corrected chi connectivity index (χ0v) is 11.2. The van der Waals surface area contributed by atoms with Crippen LogP contribution in [0.3, 0.4) is 0 Å². The van der Waals surface area contributed by atoms with E-state index in [9.17, 15) is 0 Å². The monoisotopic (exact) mass is 288 g/mol. The maximum atomic E-state index is 5.73. The molecule has 0 aromatic carbocycles. The van der Waals surface area contributed by atoms with Gasteiger partial charge in [0.15, 0.2) is 0 Å². The van der Waals surface area contributed by atoms with E-state index in [1.165, 1.54) is 35.3 Å². The highest BCUT2D eigenvalue weighted by molar-refractivity contribution is 9.11. The molecule has 2 N–H and O–H groups in total. The van der Waals surface area contributed by atoms with Gasteiger partial charge in [-0.25, -0.2) is 0 Å². The van der Waals surface area contributed by atoms with E-state index < -0.39 is 0 Å². The molecule has 1 aromatic heterocycles. The van der Waals surface area contributed by atoms with E-state index in [0.29, 0.717) is 5.92 Å². The second-order valence-electron chi connectivity index (χ2n) is 4.24. The predicted octanol–water partition coefficient (Wildman–Crippen LogP) is 2.68. The fourth-order valence-corrected chi connectivity index (χ4v) is 3.37. The van der Waals surface area contributed by atoms with Crippen molar-refractivity contribution in [3.8, 4) is 0 Å². The average Bonchev–Trinajstić information content (AvgIpc) is 2.64. The molecular weight excluding hydrogens is 272 g/mol. The van der Waals surface area contributed by atoms with Gasteiger partial charge in [-0.1, -0.05) is 0 Å². The van der Waals surface area contributed by atoms with Crippen molar-refractivity contribution < 1.29 is 0 Å². The lowest BCUT2D eigenvalue weighted by Gasteiger charge is -2.31. The SMILES string of the molecule is NCC1CCCN(Cc2csc(Br)c2)C1. The van der Waals surface area contributed by atoms with Crippen LogP contribution in [0.25, 0.3) is 0 Å². The lowest BCUT2D eigenvalue weighted by atomic mass is 9.98. The van der Waals surface area contributed by atoms with Crippen molar-refractivity contribution in [3.63, 3.8) is 0 Å². The number of piperidine rings is 1. The molecule has 15 heavy (non-hydrogen) atoms.